The fourth-order valence-corrected chi connectivity index (χ4v) is 5.96. The minimum Gasteiger partial charge on any atom is -0.494 e. The number of nitrogens with zero attached hydrogens (tertiary/aromatic N) is 2. The molecule has 8 nitrogen and oxygen atoms in total. The molecule has 3 heterocycles. The summed E-state index contributed by atoms with van der Waals surface area (Å²) >= 11 is 0. The predicted molar refractivity (Wildman–Crippen MR) is 134 cm³/mol. The Balaban J connectivity index is 1.40. The molecule has 0 aliphatic carbocycles. The number of ether oxygens (including phenoxy) is 2. The number of hydrogen-bond acceptors (Lipinski definition) is 6. The highest BCUT2D eigenvalue weighted by Crippen LogP contribution is 2.65. The molecule has 37 heavy (non-hydrogen) atoms. The maximum Gasteiger partial charge on any atom is 0.335 e. The van der Waals surface area contributed by atoms with Crippen LogP contribution >= 0.6 is 0 Å². The third-order valence-electron chi connectivity index (χ3n) is 7.65. The Hall–Kier alpha value is -4.48. The van der Waals surface area contributed by atoms with Crippen molar-refractivity contribution in [2.45, 2.75) is 37.4 Å². The minimum absolute atomic E-state index is 0.0819. The average Bonchev–Trinajstić information content (AvgIpc) is 3.48. The average molecular weight is 497 g/mol. The van der Waals surface area contributed by atoms with E-state index < -0.39 is 17.2 Å². The summed E-state index contributed by atoms with van der Waals surface area (Å²) in [5, 5.41) is 43.2. The molecule has 1 saturated heterocycles. The molecule has 0 spiro atoms. The van der Waals surface area contributed by atoms with Crippen molar-refractivity contribution in [3.63, 3.8) is 0 Å². The van der Waals surface area contributed by atoms with Gasteiger partial charge in [0, 0.05) is 17.2 Å². The standard InChI is InChI=1S/C29H24N2O6/c1-28-11-12-29(37-28,13-14-36-19-6-4-5-17(15-19)27(34)35)24-23(28)25(32)31(26(24)33)22-10-9-18(16-30)20-7-2-3-8-21(20)22/h2-10,15,32-33H,11-14H2,1H3,(H,34,35)/t28-,29-/m1/s1. The van der Waals surface area contributed by atoms with Gasteiger partial charge in [0.15, 0.2) is 0 Å². The normalized spacial score (nSPS) is 21.6. The second-order valence-corrected chi connectivity index (χ2v) is 9.78. The van der Waals surface area contributed by atoms with Crippen LogP contribution in [0.25, 0.3) is 16.5 Å². The summed E-state index contributed by atoms with van der Waals surface area (Å²) in [4.78, 5) is 11.3. The molecule has 0 unspecified atom stereocenters. The molecule has 3 aromatic carbocycles. The van der Waals surface area contributed by atoms with Gasteiger partial charge >= 0.3 is 5.97 Å². The lowest BCUT2D eigenvalue weighted by Gasteiger charge is -2.26. The van der Waals surface area contributed by atoms with Crippen LogP contribution in [0.3, 0.4) is 0 Å². The molecule has 186 valence electrons. The molecule has 6 rings (SSSR count). The summed E-state index contributed by atoms with van der Waals surface area (Å²) in [7, 11) is 0. The first kappa shape index (κ1) is 23.0. The van der Waals surface area contributed by atoms with Crippen LogP contribution in [0.2, 0.25) is 0 Å². The molecule has 0 radical (unpaired) electrons. The number of aromatic nitrogens is 1. The van der Waals surface area contributed by atoms with Crippen molar-refractivity contribution < 1.29 is 29.6 Å². The highest BCUT2D eigenvalue weighted by Gasteiger charge is 2.61. The van der Waals surface area contributed by atoms with Crippen molar-refractivity contribution in [2.24, 2.45) is 0 Å². The van der Waals surface area contributed by atoms with Gasteiger partial charge in [-0.3, -0.25) is 4.57 Å². The Bertz CT molecular complexity index is 1630. The molecular weight excluding hydrogens is 472 g/mol. The number of aromatic carboxylic acids is 1. The first-order valence-corrected chi connectivity index (χ1v) is 12.0. The first-order chi connectivity index (χ1) is 17.8. The Morgan fingerprint density at radius 1 is 1.05 bits per heavy atom. The number of carboxylic acid groups (broad SMARTS) is 1. The van der Waals surface area contributed by atoms with Crippen molar-refractivity contribution in [3.8, 4) is 29.3 Å². The summed E-state index contributed by atoms with van der Waals surface area (Å²) in [5.41, 5.74) is 0.704. The van der Waals surface area contributed by atoms with Gasteiger partial charge in [0.2, 0.25) is 11.8 Å². The number of nitriles is 1. The first-order valence-electron chi connectivity index (χ1n) is 12.0. The maximum atomic E-state index is 11.5. The number of carbonyl (C=O) groups is 1. The van der Waals surface area contributed by atoms with E-state index in [1.54, 1.807) is 24.3 Å². The molecule has 3 N–H and O–H groups in total. The number of rotatable bonds is 6. The lowest BCUT2D eigenvalue weighted by atomic mass is 9.78. The van der Waals surface area contributed by atoms with Crippen LogP contribution in [0.5, 0.6) is 17.5 Å². The number of fused-ring (bicyclic) bond motifs is 6. The zero-order valence-corrected chi connectivity index (χ0v) is 20.1. The van der Waals surface area contributed by atoms with Gasteiger partial charge in [0.1, 0.15) is 11.4 Å². The lowest BCUT2D eigenvalue weighted by Crippen LogP contribution is -2.25. The Morgan fingerprint density at radius 3 is 2.57 bits per heavy atom. The highest BCUT2D eigenvalue weighted by molar-refractivity contribution is 5.95. The molecular formula is C29H24N2O6. The summed E-state index contributed by atoms with van der Waals surface area (Å²) in [6.07, 6.45) is 1.71. The van der Waals surface area contributed by atoms with Crippen LogP contribution in [-0.4, -0.2) is 32.5 Å². The smallest absolute Gasteiger partial charge is 0.335 e. The number of benzene rings is 3. The maximum absolute atomic E-state index is 11.5. The predicted octanol–water partition coefficient (Wildman–Crippen LogP) is 5.32. The van der Waals surface area contributed by atoms with E-state index >= 15 is 0 Å². The quantitative estimate of drug-likeness (QED) is 0.330. The Kier molecular flexibility index (Phi) is 4.97. The zero-order chi connectivity index (χ0) is 25.9. The number of aromatic hydroxyl groups is 2. The molecule has 0 saturated carbocycles. The fourth-order valence-electron chi connectivity index (χ4n) is 5.96. The Labute approximate surface area is 212 Å². The SMILES string of the molecule is C[C@]12CC[C@](CCOc3cccc(C(=O)O)c3)(O1)c1c2c(O)n(-c2ccc(C#N)c3ccccc23)c1O. The minimum atomic E-state index is -1.03. The van der Waals surface area contributed by atoms with Crippen molar-refractivity contribution in [1.29, 1.82) is 5.26 Å². The van der Waals surface area contributed by atoms with Gasteiger partial charge in [0.25, 0.3) is 0 Å². The van der Waals surface area contributed by atoms with Crippen LogP contribution in [0.4, 0.5) is 0 Å². The molecule has 4 aromatic rings. The fraction of sp³-hybridized carbons (Fsp3) is 0.241. The molecule has 2 atom stereocenters. The monoisotopic (exact) mass is 496 g/mol. The third-order valence-corrected chi connectivity index (χ3v) is 7.65. The summed E-state index contributed by atoms with van der Waals surface area (Å²) in [6.45, 7) is 2.14. The largest absolute Gasteiger partial charge is 0.494 e. The summed E-state index contributed by atoms with van der Waals surface area (Å²) in [5.74, 6) is -0.777. The van der Waals surface area contributed by atoms with Crippen molar-refractivity contribution in [2.75, 3.05) is 6.61 Å². The number of hydrogen-bond donors (Lipinski definition) is 3. The molecule has 1 fully saturated rings. The van der Waals surface area contributed by atoms with Crippen LogP contribution in [0, 0.1) is 11.3 Å². The van der Waals surface area contributed by atoms with E-state index in [-0.39, 0.29) is 23.9 Å². The van der Waals surface area contributed by atoms with Crippen molar-refractivity contribution in [3.05, 3.63) is 82.9 Å². The molecule has 0 amide bonds. The van der Waals surface area contributed by atoms with E-state index in [1.165, 1.54) is 16.7 Å². The third kappa shape index (κ3) is 3.28. The van der Waals surface area contributed by atoms with E-state index in [9.17, 15) is 25.4 Å². The molecule has 2 bridgehead atoms. The van der Waals surface area contributed by atoms with Gasteiger partial charge in [-0.15, -0.1) is 0 Å². The number of carboxylic acids is 1. The Morgan fingerprint density at radius 2 is 1.81 bits per heavy atom. The van der Waals surface area contributed by atoms with Gasteiger partial charge in [-0.1, -0.05) is 30.3 Å². The van der Waals surface area contributed by atoms with Crippen LogP contribution in [-0.2, 0) is 15.9 Å². The van der Waals surface area contributed by atoms with E-state index in [0.717, 1.165) is 10.8 Å². The van der Waals surface area contributed by atoms with Crippen LogP contribution in [0.1, 0.15) is 53.2 Å². The second kappa shape index (κ2) is 8.02. The zero-order valence-electron chi connectivity index (χ0n) is 20.1. The van der Waals surface area contributed by atoms with Gasteiger partial charge in [-0.2, -0.15) is 5.26 Å². The van der Waals surface area contributed by atoms with Gasteiger partial charge in [-0.05, 0) is 50.1 Å². The van der Waals surface area contributed by atoms with Crippen LogP contribution < -0.4 is 4.74 Å². The van der Waals surface area contributed by atoms with Gasteiger partial charge in [0.05, 0.1) is 46.2 Å². The van der Waals surface area contributed by atoms with E-state index in [0.29, 0.717) is 47.4 Å². The van der Waals surface area contributed by atoms with Crippen molar-refractivity contribution >= 4 is 16.7 Å². The topological polar surface area (TPSA) is 125 Å². The van der Waals surface area contributed by atoms with Gasteiger partial charge < -0.3 is 24.8 Å². The molecule has 8 heteroatoms. The van der Waals surface area contributed by atoms with E-state index in [4.69, 9.17) is 9.47 Å². The molecule has 1 aromatic heterocycles. The van der Waals surface area contributed by atoms with Crippen molar-refractivity contribution in [1.82, 2.24) is 4.57 Å². The lowest BCUT2D eigenvalue weighted by molar-refractivity contribution is -0.0876. The highest BCUT2D eigenvalue weighted by atomic mass is 16.5. The summed E-state index contributed by atoms with van der Waals surface area (Å²) < 4.78 is 13.8. The van der Waals surface area contributed by atoms with Gasteiger partial charge in [-0.25, -0.2) is 4.79 Å². The van der Waals surface area contributed by atoms with E-state index in [2.05, 4.69) is 6.07 Å². The second-order valence-electron chi connectivity index (χ2n) is 9.78. The summed E-state index contributed by atoms with van der Waals surface area (Å²) in [6, 6.07) is 19.3. The van der Waals surface area contributed by atoms with E-state index in [1.807, 2.05) is 31.2 Å². The van der Waals surface area contributed by atoms with Crippen LogP contribution in [0.15, 0.2) is 60.7 Å². The molecule has 2 aliphatic rings. The molecule has 2 aliphatic heterocycles.